The van der Waals surface area contributed by atoms with Crippen LogP contribution in [0, 0.1) is 18.3 Å². The number of fused-ring (bicyclic) bond motifs is 4. The van der Waals surface area contributed by atoms with E-state index in [0.717, 1.165) is 61.0 Å². The smallest absolute Gasteiger partial charge is 0.224 e. The highest BCUT2D eigenvalue weighted by Crippen LogP contribution is 2.43. The summed E-state index contributed by atoms with van der Waals surface area (Å²) in [6, 6.07) is 38.4. The Morgan fingerprint density at radius 1 is 0.690 bits per heavy atom. The summed E-state index contributed by atoms with van der Waals surface area (Å²) >= 11 is 0. The van der Waals surface area contributed by atoms with Crippen molar-refractivity contribution in [2.24, 2.45) is 7.05 Å². The highest BCUT2D eigenvalue weighted by Gasteiger charge is 2.25. The fraction of sp³-hybridized carbons (Fsp3) is 0.128. The molecule has 202 valence electrons. The van der Waals surface area contributed by atoms with E-state index in [1.54, 1.807) is 0 Å². The normalized spacial score (nSPS) is 11.5. The van der Waals surface area contributed by atoms with Crippen LogP contribution in [0.2, 0.25) is 0 Å². The Balaban J connectivity index is 1.53. The number of nitriles is 1. The van der Waals surface area contributed by atoms with Crippen molar-refractivity contribution in [3.63, 3.8) is 0 Å². The van der Waals surface area contributed by atoms with Gasteiger partial charge in [-0.15, -0.1) is 0 Å². The standard InChI is InChI=1S/C39H31N2O/c1-24(2)27-14-17-32-29(21-27)19-20-41(4)37(32)35-25(3)13-16-33-34-18-15-31(23-40)36(39(34)42-38(33)35)30-12-8-11-28(22-30)26-9-6-5-7-10-26/h5-22,24H,1-4H3/q+1. The van der Waals surface area contributed by atoms with Gasteiger partial charge in [0.2, 0.25) is 5.69 Å². The Labute approximate surface area is 245 Å². The fourth-order valence-electron chi connectivity index (χ4n) is 6.22. The first-order chi connectivity index (χ1) is 20.4. The molecular weight excluding hydrogens is 512 g/mol. The average molecular weight is 544 g/mol. The lowest BCUT2D eigenvalue weighted by Gasteiger charge is -2.11. The Morgan fingerprint density at radius 3 is 2.14 bits per heavy atom. The molecule has 0 saturated carbocycles. The van der Waals surface area contributed by atoms with Crippen molar-refractivity contribution >= 4 is 32.7 Å². The Bertz CT molecular complexity index is 2200. The lowest BCUT2D eigenvalue weighted by atomic mass is 9.93. The molecule has 2 aromatic heterocycles. The predicted molar refractivity (Wildman–Crippen MR) is 172 cm³/mol. The van der Waals surface area contributed by atoms with Crippen LogP contribution >= 0.6 is 0 Å². The van der Waals surface area contributed by atoms with Crippen molar-refractivity contribution in [1.82, 2.24) is 0 Å². The highest BCUT2D eigenvalue weighted by molar-refractivity contribution is 6.15. The quantitative estimate of drug-likeness (QED) is 0.207. The van der Waals surface area contributed by atoms with Crippen LogP contribution in [0.1, 0.15) is 36.5 Å². The average Bonchev–Trinajstić information content (AvgIpc) is 3.40. The molecule has 0 unspecified atom stereocenters. The molecule has 2 heterocycles. The summed E-state index contributed by atoms with van der Waals surface area (Å²) in [5.74, 6) is 0.459. The highest BCUT2D eigenvalue weighted by atomic mass is 16.3. The van der Waals surface area contributed by atoms with Gasteiger partial charge in [0.25, 0.3) is 0 Å². The van der Waals surface area contributed by atoms with Crippen LogP contribution < -0.4 is 4.57 Å². The molecule has 3 nitrogen and oxygen atoms in total. The zero-order chi connectivity index (χ0) is 29.0. The van der Waals surface area contributed by atoms with Crippen molar-refractivity contribution in [2.75, 3.05) is 0 Å². The maximum Gasteiger partial charge on any atom is 0.224 e. The lowest BCUT2D eigenvalue weighted by molar-refractivity contribution is -0.659. The van der Waals surface area contributed by atoms with Gasteiger partial charge < -0.3 is 4.42 Å². The summed E-state index contributed by atoms with van der Waals surface area (Å²) in [6.45, 7) is 6.61. The Morgan fingerprint density at radius 2 is 1.38 bits per heavy atom. The molecule has 0 fully saturated rings. The van der Waals surface area contributed by atoms with Gasteiger partial charge >= 0.3 is 0 Å². The van der Waals surface area contributed by atoms with E-state index in [1.807, 2.05) is 30.3 Å². The molecule has 0 bridgehead atoms. The zero-order valence-electron chi connectivity index (χ0n) is 24.3. The third-order valence-electron chi connectivity index (χ3n) is 8.46. The number of hydrogen-bond donors (Lipinski definition) is 0. The molecule has 42 heavy (non-hydrogen) atoms. The number of aromatic nitrogens is 1. The Kier molecular flexibility index (Phi) is 6.14. The largest absolute Gasteiger partial charge is 0.454 e. The van der Waals surface area contributed by atoms with E-state index in [9.17, 15) is 5.26 Å². The molecule has 7 rings (SSSR count). The van der Waals surface area contributed by atoms with E-state index < -0.39 is 0 Å². The van der Waals surface area contributed by atoms with Crippen LogP contribution in [0.4, 0.5) is 0 Å². The van der Waals surface area contributed by atoms with Crippen molar-refractivity contribution in [1.29, 1.82) is 5.26 Å². The molecule has 0 spiro atoms. The minimum atomic E-state index is 0.459. The zero-order valence-corrected chi connectivity index (χ0v) is 24.3. The van der Waals surface area contributed by atoms with E-state index >= 15 is 0 Å². The summed E-state index contributed by atoms with van der Waals surface area (Å²) in [5, 5.41) is 14.7. The van der Waals surface area contributed by atoms with Gasteiger partial charge in [0.05, 0.1) is 22.6 Å². The van der Waals surface area contributed by atoms with Gasteiger partial charge in [0, 0.05) is 22.4 Å². The lowest BCUT2D eigenvalue weighted by Crippen LogP contribution is -2.30. The van der Waals surface area contributed by atoms with Crippen molar-refractivity contribution in [3.8, 4) is 39.6 Å². The maximum atomic E-state index is 10.2. The van der Waals surface area contributed by atoms with Crippen LogP contribution in [-0.2, 0) is 7.05 Å². The molecule has 0 aliphatic rings. The first kappa shape index (κ1) is 25.7. The minimum absolute atomic E-state index is 0.459. The summed E-state index contributed by atoms with van der Waals surface area (Å²) in [4.78, 5) is 0. The van der Waals surface area contributed by atoms with E-state index in [2.05, 4.69) is 117 Å². The van der Waals surface area contributed by atoms with Gasteiger partial charge in [-0.2, -0.15) is 5.26 Å². The molecule has 0 radical (unpaired) electrons. The van der Waals surface area contributed by atoms with Gasteiger partial charge in [-0.25, -0.2) is 4.57 Å². The fourth-order valence-corrected chi connectivity index (χ4v) is 6.22. The van der Waals surface area contributed by atoms with E-state index in [4.69, 9.17) is 4.42 Å². The van der Waals surface area contributed by atoms with Gasteiger partial charge in [-0.3, -0.25) is 0 Å². The molecule has 7 aromatic rings. The van der Waals surface area contributed by atoms with E-state index in [1.165, 1.54) is 16.3 Å². The van der Waals surface area contributed by atoms with Crippen molar-refractivity contribution in [2.45, 2.75) is 26.7 Å². The molecular formula is C39H31N2O+. The summed E-state index contributed by atoms with van der Waals surface area (Å²) in [5.41, 5.74) is 10.9. The number of benzene rings is 5. The summed E-state index contributed by atoms with van der Waals surface area (Å²) in [6.07, 6.45) is 2.14. The van der Waals surface area contributed by atoms with Gasteiger partial charge in [0.1, 0.15) is 18.2 Å². The second-order valence-corrected chi connectivity index (χ2v) is 11.4. The van der Waals surface area contributed by atoms with E-state index in [0.29, 0.717) is 11.5 Å². The maximum absolute atomic E-state index is 10.2. The minimum Gasteiger partial charge on any atom is -0.454 e. The van der Waals surface area contributed by atoms with Crippen molar-refractivity contribution in [3.05, 3.63) is 126 Å². The number of hydrogen-bond acceptors (Lipinski definition) is 2. The molecule has 0 aliphatic heterocycles. The molecule has 3 heteroatoms. The summed E-state index contributed by atoms with van der Waals surface area (Å²) < 4.78 is 9.09. The predicted octanol–water partition coefficient (Wildman–Crippen LogP) is 9.87. The number of rotatable bonds is 4. The molecule has 5 aromatic carbocycles. The van der Waals surface area contributed by atoms with Gasteiger partial charge in [-0.05, 0) is 70.3 Å². The van der Waals surface area contributed by atoms with Crippen molar-refractivity contribution < 1.29 is 8.98 Å². The van der Waals surface area contributed by atoms with Gasteiger partial charge in [0.15, 0.2) is 6.20 Å². The van der Waals surface area contributed by atoms with Crippen LogP contribution in [0.25, 0.3) is 66.2 Å². The monoisotopic (exact) mass is 543 g/mol. The van der Waals surface area contributed by atoms with E-state index in [-0.39, 0.29) is 0 Å². The van der Waals surface area contributed by atoms with Gasteiger partial charge in [-0.1, -0.05) is 86.6 Å². The van der Waals surface area contributed by atoms with Crippen LogP contribution in [0.5, 0.6) is 0 Å². The number of pyridine rings is 1. The molecule has 0 N–H and O–H groups in total. The molecule has 0 aliphatic carbocycles. The molecule has 0 atom stereocenters. The SMILES string of the molecule is Cc1ccc2c(oc3c(-c4cccc(-c5ccccc5)c4)c(C#N)ccc32)c1-c1c2ccc(C(C)C)cc2cc[n+]1C. The number of aryl methyl sites for hydroxylation is 2. The second kappa shape index (κ2) is 10.0. The third kappa shape index (κ3) is 4.07. The second-order valence-electron chi connectivity index (χ2n) is 11.4. The first-order valence-corrected chi connectivity index (χ1v) is 14.4. The molecule has 0 saturated heterocycles. The number of furan rings is 1. The Hall–Kier alpha value is -5.20. The molecule has 0 amide bonds. The number of nitrogens with zero attached hydrogens (tertiary/aromatic N) is 2. The summed E-state index contributed by atoms with van der Waals surface area (Å²) in [7, 11) is 2.10. The van der Waals surface area contributed by atoms with Crippen LogP contribution in [0.3, 0.4) is 0 Å². The topological polar surface area (TPSA) is 40.8 Å². The van der Waals surface area contributed by atoms with Crippen LogP contribution in [0.15, 0.2) is 114 Å². The third-order valence-corrected chi connectivity index (χ3v) is 8.46. The first-order valence-electron chi connectivity index (χ1n) is 14.4. The van der Waals surface area contributed by atoms with Crippen LogP contribution in [-0.4, -0.2) is 0 Å².